The normalized spacial score (nSPS) is 20.2. The molecule has 2 heterocycles. The summed E-state index contributed by atoms with van der Waals surface area (Å²) in [6.07, 6.45) is 7.90. The minimum atomic E-state index is 0.0312. The molecule has 1 fully saturated rings. The number of rotatable bonds is 7. The second-order valence-corrected chi connectivity index (χ2v) is 6.62. The van der Waals surface area contributed by atoms with E-state index in [1.807, 2.05) is 26.5 Å². The maximum absolute atomic E-state index is 7.86. The molecule has 0 amide bonds. The molecule has 138 valence electrons. The Balaban J connectivity index is 1.74. The summed E-state index contributed by atoms with van der Waals surface area (Å²) in [6, 6.07) is 6.25. The summed E-state index contributed by atoms with van der Waals surface area (Å²) in [5.41, 5.74) is 4.23. The molecule has 6 nitrogen and oxygen atoms in total. The zero-order chi connectivity index (χ0) is 18.5. The second kappa shape index (κ2) is 8.19. The number of benzene rings is 1. The summed E-state index contributed by atoms with van der Waals surface area (Å²) in [4.78, 5) is 6.38. The predicted molar refractivity (Wildman–Crippen MR) is 106 cm³/mol. The fourth-order valence-corrected chi connectivity index (χ4v) is 3.01. The molecular formula is C20H26N4O2. The van der Waals surface area contributed by atoms with Crippen LogP contribution in [-0.4, -0.2) is 45.8 Å². The van der Waals surface area contributed by atoms with Crippen molar-refractivity contribution < 1.29 is 9.47 Å². The Hall–Kier alpha value is -2.60. The summed E-state index contributed by atoms with van der Waals surface area (Å²) >= 11 is 0. The molecule has 0 spiro atoms. The van der Waals surface area contributed by atoms with Crippen molar-refractivity contribution in [1.82, 2.24) is 0 Å². The number of nitrogens with one attached hydrogen (secondary N) is 2. The Bertz CT molecular complexity index is 750. The maximum atomic E-state index is 7.86. The van der Waals surface area contributed by atoms with E-state index in [9.17, 15) is 0 Å². The molecule has 2 aliphatic heterocycles. The average Bonchev–Trinajstić information content (AvgIpc) is 2.63. The molecule has 0 radical (unpaired) electrons. The molecule has 0 bridgehead atoms. The van der Waals surface area contributed by atoms with Crippen LogP contribution in [0, 0.1) is 18.3 Å². The molecule has 26 heavy (non-hydrogen) atoms. The molecule has 2 aliphatic rings. The number of nitrogens with zero attached hydrogens (tertiary/aromatic N) is 2. The van der Waals surface area contributed by atoms with Crippen molar-refractivity contribution in [2.75, 3.05) is 37.5 Å². The van der Waals surface area contributed by atoms with Gasteiger partial charge in [-0.15, -0.1) is 0 Å². The molecule has 1 saturated heterocycles. The van der Waals surface area contributed by atoms with Gasteiger partial charge in [0.25, 0.3) is 0 Å². The number of allylic oxidation sites excluding steroid dienone is 2. The summed E-state index contributed by atoms with van der Waals surface area (Å²) in [5.74, 6) is 0.887. The van der Waals surface area contributed by atoms with Crippen LogP contribution < -0.4 is 10.2 Å². The van der Waals surface area contributed by atoms with E-state index < -0.39 is 0 Å². The van der Waals surface area contributed by atoms with Crippen LogP contribution in [-0.2, 0) is 9.47 Å². The third-order valence-electron chi connectivity index (χ3n) is 4.65. The predicted octanol–water partition coefficient (Wildman–Crippen LogP) is 3.35. The van der Waals surface area contributed by atoms with Crippen molar-refractivity contribution in [3.63, 3.8) is 0 Å². The van der Waals surface area contributed by atoms with Crippen LogP contribution in [0.25, 0.3) is 0 Å². The van der Waals surface area contributed by atoms with E-state index >= 15 is 0 Å². The summed E-state index contributed by atoms with van der Waals surface area (Å²) in [7, 11) is 3.91. The first-order chi connectivity index (χ1) is 12.6. The average molecular weight is 354 g/mol. The SMILES string of the molecule is CNc1ccc(C)c(N(C)/C=C(\C=N)C2C=NC=C(OC3COC3)C2)c1. The number of aliphatic imine (C=N–C) groups is 1. The van der Waals surface area contributed by atoms with Crippen molar-refractivity contribution in [2.45, 2.75) is 19.4 Å². The number of hydrogen-bond acceptors (Lipinski definition) is 6. The highest BCUT2D eigenvalue weighted by Crippen LogP contribution is 2.27. The molecule has 1 unspecified atom stereocenters. The highest BCUT2D eigenvalue weighted by molar-refractivity contribution is 5.85. The van der Waals surface area contributed by atoms with E-state index in [0.29, 0.717) is 19.6 Å². The summed E-state index contributed by atoms with van der Waals surface area (Å²) in [5, 5.41) is 11.0. The highest BCUT2D eigenvalue weighted by atomic mass is 16.6. The monoisotopic (exact) mass is 354 g/mol. The van der Waals surface area contributed by atoms with Gasteiger partial charge in [0.1, 0.15) is 11.9 Å². The summed E-state index contributed by atoms with van der Waals surface area (Å²) < 4.78 is 11.0. The van der Waals surface area contributed by atoms with E-state index in [1.54, 1.807) is 6.20 Å². The van der Waals surface area contributed by atoms with Crippen LogP contribution in [0.1, 0.15) is 12.0 Å². The third kappa shape index (κ3) is 4.14. The number of anilines is 2. The van der Waals surface area contributed by atoms with Gasteiger partial charge in [0.2, 0.25) is 0 Å². The quantitative estimate of drug-likeness (QED) is 0.737. The minimum absolute atomic E-state index is 0.0312. The van der Waals surface area contributed by atoms with Crippen molar-refractivity contribution in [1.29, 1.82) is 5.41 Å². The van der Waals surface area contributed by atoms with Gasteiger partial charge in [-0.1, -0.05) is 6.07 Å². The van der Waals surface area contributed by atoms with Gasteiger partial charge in [0.05, 0.1) is 19.4 Å². The molecule has 0 aliphatic carbocycles. The Morgan fingerprint density at radius 2 is 2.23 bits per heavy atom. The van der Waals surface area contributed by atoms with E-state index in [4.69, 9.17) is 14.9 Å². The number of aryl methyl sites for hydroxylation is 1. The lowest BCUT2D eigenvalue weighted by atomic mass is 9.95. The molecule has 6 heteroatoms. The van der Waals surface area contributed by atoms with Crippen LogP contribution in [0.15, 0.2) is 46.9 Å². The number of hydrogen-bond donors (Lipinski definition) is 2. The van der Waals surface area contributed by atoms with Crippen molar-refractivity contribution in [3.8, 4) is 0 Å². The topological polar surface area (TPSA) is 69.9 Å². The first-order valence-corrected chi connectivity index (χ1v) is 8.81. The van der Waals surface area contributed by atoms with Crippen molar-refractivity contribution >= 4 is 23.8 Å². The first-order valence-electron chi connectivity index (χ1n) is 8.81. The zero-order valence-electron chi connectivity index (χ0n) is 15.5. The van der Waals surface area contributed by atoms with Gasteiger partial charge < -0.3 is 25.1 Å². The van der Waals surface area contributed by atoms with Gasteiger partial charge in [0, 0.05) is 56.4 Å². The maximum Gasteiger partial charge on any atom is 0.145 e. The van der Waals surface area contributed by atoms with Crippen LogP contribution in [0.3, 0.4) is 0 Å². The fraction of sp³-hybridized carbons (Fsp3) is 0.400. The lowest BCUT2D eigenvalue weighted by molar-refractivity contribution is -0.109. The Labute approximate surface area is 154 Å². The molecule has 1 aromatic carbocycles. The van der Waals surface area contributed by atoms with Gasteiger partial charge in [-0.3, -0.25) is 4.99 Å². The van der Waals surface area contributed by atoms with Gasteiger partial charge in [-0.25, -0.2) is 0 Å². The summed E-state index contributed by atoms with van der Waals surface area (Å²) in [6.45, 7) is 3.37. The second-order valence-electron chi connectivity index (χ2n) is 6.62. The molecule has 0 aromatic heterocycles. The molecule has 2 N–H and O–H groups in total. The molecular weight excluding hydrogens is 328 g/mol. The van der Waals surface area contributed by atoms with Crippen molar-refractivity contribution in [3.05, 3.63) is 47.5 Å². The number of ether oxygens (including phenoxy) is 2. The van der Waals surface area contributed by atoms with E-state index in [1.165, 1.54) is 11.8 Å². The zero-order valence-corrected chi connectivity index (χ0v) is 15.5. The fourth-order valence-electron chi connectivity index (χ4n) is 3.01. The van der Waals surface area contributed by atoms with E-state index in [-0.39, 0.29) is 12.0 Å². The van der Waals surface area contributed by atoms with Crippen LogP contribution >= 0.6 is 0 Å². The Morgan fingerprint density at radius 3 is 2.88 bits per heavy atom. The van der Waals surface area contributed by atoms with Gasteiger partial charge in [-0.05, 0) is 30.2 Å². The molecule has 3 rings (SSSR count). The first kappa shape index (κ1) is 18.2. The van der Waals surface area contributed by atoms with E-state index in [2.05, 4.69) is 40.3 Å². The van der Waals surface area contributed by atoms with E-state index in [0.717, 1.165) is 22.7 Å². The Morgan fingerprint density at radius 1 is 1.42 bits per heavy atom. The molecule has 0 saturated carbocycles. The largest absolute Gasteiger partial charge is 0.488 e. The third-order valence-corrected chi connectivity index (χ3v) is 4.65. The molecule has 1 aromatic rings. The van der Waals surface area contributed by atoms with Crippen LogP contribution in [0.2, 0.25) is 0 Å². The smallest absolute Gasteiger partial charge is 0.145 e. The van der Waals surface area contributed by atoms with Gasteiger partial charge in [0.15, 0.2) is 0 Å². The highest BCUT2D eigenvalue weighted by Gasteiger charge is 2.24. The standard InChI is InChI=1S/C20H26N4O2/c1-14-4-5-17(22-2)7-20(14)24(3)11-16(8-21)15-6-18(10-23-9-15)26-19-12-25-13-19/h4-5,7-11,15,19,21-22H,6,12-13H2,1-3H3/b16-11+,21-8?. The van der Waals surface area contributed by atoms with Crippen LogP contribution in [0.5, 0.6) is 0 Å². The lowest BCUT2D eigenvalue weighted by Gasteiger charge is -2.29. The van der Waals surface area contributed by atoms with Crippen molar-refractivity contribution in [2.24, 2.45) is 10.9 Å². The Kier molecular flexibility index (Phi) is 5.73. The van der Waals surface area contributed by atoms with Crippen LogP contribution in [0.4, 0.5) is 11.4 Å². The minimum Gasteiger partial charge on any atom is -0.488 e. The lowest BCUT2D eigenvalue weighted by Crippen LogP contribution is -2.36. The molecule has 1 atom stereocenters. The van der Waals surface area contributed by atoms with Gasteiger partial charge >= 0.3 is 0 Å². The van der Waals surface area contributed by atoms with Gasteiger partial charge in [-0.2, -0.15) is 0 Å².